The predicted octanol–water partition coefficient (Wildman–Crippen LogP) is 4.63. The van der Waals surface area contributed by atoms with Gasteiger partial charge in [0, 0.05) is 20.3 Å². The number of aromatic hydroxyl groups is 1. The summed E-state index contributed by atoms with van der Waals surface area (Å²) in [6.07, 6.45) is 1.37. The molecule has 0 aliphatic rings. The van der Waals surface area contributed by atoms with Gasteiger partial charge in [-0.25, -0.2) is 4.79 Å². The van der Waals surface area contributed by atoms with Gasteiger partial charge in [-0.3, -0.25) is 4.79 Å². The summed E-state index contributed by atoms with van der Waals surface area (Å²) in [5, 5.41) is 22.1. The van der Waals surface area contributed by atoms with Crippen LogP contribution in [0.25, 0.3) is 16.5 Å². The Labute approximate surface area is 164 Å². The number of aliphatic carboxylic acids is 1. The normalized spacial score (nSPS) is 11.2. The van der Waals surface area contributed by atoms with Gasteiger partial charge >= 0.3 is 5.97 Å². The molecule has 5 nitrogen and oxygen atoms in total. The Bertz CT molecular complexity index is 1040. The van der Waals surface area contributed by atoms with Crippen molar-refractivity contribution in [2.24, 2.45) is 0 Å². The van der Waals surface area contributed by atoms with Gasteiger partial charge in [0.15, 0.2) is 0 Å². The van der Waals surface area contributed by atoms with Gasteiger partial charge in [0.25, 0.3) is 5.91 Å². The van der Waals surface area contributed by atoms with Gasteiger partial charge in [0.1, 0.15) is 11.4 Å². The summed E-state index contributed by atoms with van der Waals surface area (Å²) in [5.74, 6) is -2.21. The van der Waals surface area contributed by atoms with Crippen molar-refractivity contribution in [2.45, 2.75) is 0 Å². The van der Waals surface area contributed by atoms with E-state index in [0.29, 0.717) is 9.90 Å². The molecular formula is C20H14ClNO4S. The minimum atomic E-state index is -1.29. The van der Waals surface area contributed by atoms with E-state index in [9.17, 15) is 19.8 Å². The number of amides is 1. The van der Waals surface area contributed by atoms with Gasteiger partial charge in [-0.15, -0.1) is 11.3 Å². The fraction of sp³-hybridized carbons (Fsp3) is 0. The predicted molar refractivity (Wildman–Crippen MR) is 106 cm³/mol. The first-order valence-corrected chi connectivity index (χ1v) is 9.04. The molecule has 1 aromatic heterocycles. The fourth-order valence-electron chi connectivity index (χ4n) is 2.39. The minimum absolute atomic E-state index is 0.00686. The second-order valence-corrected chi connectivity index (χ2v) is 7.04. The van der Waals surface area contributed by atoms with Crippen molar-refractivity contribution < 1.29 is 19.8 Å². The number of rotatable bonds is 5. The van der Waals surface area contributed by atoms with Crippen molar-refractivity contribution in [3.63, 3.8) is 0 Å². The van der Waals surface area contributed by atoms with Crippen LogP contribution in [-0.2, 0) is 4.79 Å². The van der Waals surface area contributed by atoms with E-state index in [1.165, 1.54) is 29.5 Å². The quantitative estimate of drug-likeness (QED) is 0.546. The van der Waals surface area contributed by atoms with Crippen LogP contribution >= 0.6 is 22.9 Å². The second-order valence-electron chi connectivity index (χ2n) is 5.52. The Balaban J connectivity index is 1.87. The SMILES string of the molecule is O=C(O)C(=Cc1ccc(-c2ccccc2Cl)s1)NC(=O)c1ccccc1O. The number of benzene rings is 2. The average molecular weight is 400 g/mol. The van der Waals surface area contributed by atoms with Crippen molar-refractivity contribution in [2.75, 3.05) is 0 Å². The highest BCUT2D eigenvalue weighted by atomic mass is 35.5. The molecule has 2 aromatic carbocycles. The van der Waals surface area contributed by atoms with Crippen molar-refractivity contribution in [3.8, 4) is 16.2 Å². The van der Waals surface area contributed by atoms with E-state index >= 15 is 0 Å². The number of carboxylic acid groups (broad SMARTS) is 1. The van der Waals surface area contributed by atoms with Crippen LogP contribution in [0.1, 0.15) is 15.2 Å². The van der Waals surface area contributed by atoms with Crippen molar-refractivity contribution >= 4 is 40.9 Å². The van der Waals surface area contributed by atoms with Gasteiger partial charge in [-0.1, -0.05) is 41.9 Å². The molecule has 136 valence electrons. The zero-order valence-corrected chi connectivity index (χ0v) is 15.4. The number of hydrogen-bond donors (Lipinski definition) is 3. The van der Waals surface area contributed by atoms with E-state index in [0.717, 1.165) is 10.4 Å². The van der Waals surface area contributed by atoms with Gasteiger partial charge in [-0.05, 0) is 36.4 Å². The van der Waals surface area contributed by atoms with Crippen LogP contribution in [0.5, 0.6) is 5.75 Å². The molecule has 0 saturated heterocycles. The van der Waals surface area contributed by atoms with Crippen LogP contribution in [0.2, 0.25) is 5.02 Å². The number of hydrogen-bond acceptors (Lipinski definition) is 4. The molecule has 3 aromatic rings. The number of para-hydroxylation sites is 1. The zero-order valence-electron chi connectivity index (χ0n) is 13.8. The molecule has 0 aliphatic carbocycles. The lowest BCUT2D eigenvalue weighted by Gasteiger charge is -2.07. The molecule has 0 radical (unpaired) electrons. The number of halogens is 1. The minimum Gasteiger partial charge on any atom is -0.507 e. The van der Waals surface area contributed by atoms with Crippen LogP contribution in [0.3, 0.4) is 0 Å². The van der Waals surface area contributed by atoms with E-state index in [1.54, 1.807) is 24.3 Å². The number of carboxylic acids is 1. The Kier molecular flexibility index (Phi) is 5.59. The highest BCUT2D eigenvalue weighted by molar-refractivity contribution is 7.16. The molecule has 0 unspecified atom stereocenters. The number of carbonyl (C=O) groups excluding carboxylic acids is 1. The highest BCUT2D eigenvalue weighted by Crippen LogP contribution is 2.33. The molecule has 0 atom stereocenters. The van der Waals surface area contributed by atoms with E-state index in [4.69, 9.17) is 11.6 Å². The van der Waals surface area contributed by atoms with Crippen LogP contribution in [-0.4, -0.2) is 22.1 Å². The monoisotopic (exact) mass is 399 g/mol. The van der Waals surface area contributed by atoms with Crippen LogP contribution in [0.4, 0.5) is 0 Å². The summed E-state index contributed by atoms with van der Waals surface area (Å²) in [4.78, 5) is 25.3. The number of nitrogens with one attached hydrogen (secondary N) is 1. The summed E-state index contributed by atoms with van der Waals surface area (Å²) >= 11 is 7.54. The second kappa shape index (κ2) is 8.07. The zero-order chi connectivity index (χ0) is 19.4. The number of phenolic OH excluding ortho intramolecular Hbond substituents is 1. The third-order valence-electron chi connectivity index (χ3n) is 3.68. The molecule has 0 bridgehead atoms. The third-order valence-corrected chi connectivity index (χ3v) is 5.08. The molecule has 0 saturated carbocycles. The molecule has 3 N–H and O–H groups in total. The highest BCUT2D eigenvalue weighted by Gasteiger charge is 2.16. The molecule has 0 fully saturated rings. The molecule has 1 amide bonds. The van der Waals surface area contributed by atoms with Crippen LogP contribution < -0.4 is 5.32 Å². The lowest BCUT2D eigenvalue weighted by Crippen LogP contribution is -2.27. The third kappa shape index (κ3) is 4.36. The maximum Gasteiger partial charge on any atom is 0.352 e. The summed E-state index contributed by atoms with van der Waals surface area (Å²) in [6, 6.07) is 16.8. The summed E-state index contributed by atoms with van der Waals surface area (Å²) < 4.78 is 0. The van der Waals surface area contributed by atoms with Gasteiger partial charge in [0.05, 0.1) is 5.56 Å². The Morgan fingerprint density at radius 1 is 1.00 bits per heavy atom. The molecule has 0 spiro atoms. The number of phenols is 1. The maximum absolute atomic E-state index is 12.3. The molecular weight excluding hydrogens is 386 g/mol. The lowest BCUT2D eigenvalue weighted by molar-refractivity contribution is -0.132. The Hall–Kier alpha value is -3.09. The van der Waals surface area contributed by atoms with E-state index < -0.39 is 11.9 Å². The molecule has 3 rings (SSSR count). The number of thiophene rings is 1. The Morgan fingerprint density at radius 2 is 1.70 bits per heavy atom. The van der Waals surface area contributed by atoms with Crippen molar-refractivity contribution in [1.82, 2.24) is 5.32 Å². The topological polar surface area (TPSA) is 86.6 Å². The first kappa shape index (κ1) is 18.7. The Morgan fingerprint density at radius 3 is 2.41 bits per heavy atom. The molecule has 1 heterocycles. The average Bonchev–Trinajstić information content (AvgIpc) is 3.10. The molecule has 27 heavy (non-hydrogen) atoms. The van der Waals surface area contributed by atoms with E-state index in [2.05, 4.69) is 5.32 Å². The van der Waals surface area contributed by atoms with E-state index in [1.807, 2.05) is 24.3 Å². The fourth-order valence-corrected chi connectivity index (χ4v) is 3.67. The first-order chi connectivity index (χ1) is 13.0. The summed E-state index contributed by atoms with van der Waals surface area (Å²) in [7, 11) is 0. The van der Waals surface area contributed by atoms with Crippen molar-refractivity contribution in [1.29, 1.82) is 0 Å². The maximum atomic E-state index is 12.3. The van der Waals surface area contributed by atoms with E-state index in [-0.39, 0.29) is 17.0 Å². The summed E-state index contributed by atoms with van der Waals surface area (Å²) in [5.41, 5.74) is 0.544. The lowest BCUT2D eigenvalue weighted by atomic mass is 10.2. The van der Waals surface area contributed by atoms with Gasteiger partial charge in [0.2, 0.25) is 0 Å². The molecule has 0 aliphatic heterocycles. The van der Waals surface area contributed by atoms with Crippen molar-refractivity contribution in [3.05, 3.63) is 81.8 Å². The van der Waals surface area contributed by atoms with Gasteiger partial charge < -0.3 is 15.5 Å². The summed E-state index contributed by atoms with van der Waals surface area (Å²) in [6.45, 7) is 0. The largest absolute Gasteiger partial charge is 0.507 e. The smallest absolute Gasteiger partial charge is 0.352 e. The van der Waals surface area contributed by atoms with Gasteiger partial charge in [-0.2, -0.15) is 0 Å². The first-order valence-electron chi connectivity index (χ1n) is 7.85. The van der Waals surface area contributed by atoms with Crippen LogP contribution in [0.15, 0.2) is 66.4 Å². The number of carbonyl (C=O) groups is 2. The molecule has 7 heteroatoms. The standard InChI is InChI=1S/C20H14ClNO4S/c21-15-7-3-1-5-13(15)18-10-9-12(27-18)11-16(20(25)26)22-19(24)14-6-2-4-8-17(14)23/h1-11,23H,(H,22,24)(H,25,26). The van der Waals surface area contributed by atoms with Crippen LogP contribution in [0, 0.1) is 0 Å².